The number of halogens is 2. The van der Waals surface area contributed by atoms with Crippen molar-refractivity contribution in [2.75, 3.05) is 58.1 Å². The highest BCUT2D eigenvalue weighted by Crippen LogP contribution is 2.28. The van der Waals surface area contributed by atoms with Gasteiger partial charge in [0.25, 0.3) is 11.8 Å². The molecule has 340 valence electrons. The second-order valence-electron chi connectivity index (χ2n) is 15.3. The average Bonchev–Trinajstić information content (AvgIpc) is 4.08. The van der Waals surface area contributed by atoms with E-state index in [1.54, 1.807) is 46.7 Å². The molecular formula is C46H48F2N14O4. The van der Waals surface area contributed by atoms with Gasteiger partial charge in [-0.25, -0.2) is 28.3 Å². The number of nitrogens with two attached hydrogens (primary N) is 2. The van der Waals surface area contributed by atoms with Crippen LogP contribution < -0.4 is 43.4 Å². The lowest BCUT2D eigenvalue weighted by molar-refractivity contribution is 0.0992. The summed E-state index contributed by atoms with van der Waals surface area (Å²) in [6.45, 7) is 3.51. The Morgan fingerprint density at radius 3 is 1.32 bits per heavy atom. The largest absolute Gasteiger partial charge is 0.380 e. The number of primary amides is 2. The Kier molecular flexibility index (Phi) is 15.0. The number of likely N-dealkylation sites (tertiary alicyclic amines) is 2. The first-order valence-electron chi connectivity index (χ1n) is 21.1. The Morgan fingerprint density at radius 1 is 0.545 bits per heavy atom. The predicted octanol–water partition coefficient (Wildman–Crippen LogP) is 7.40. The number of nitrogens with zero attached hydrogens (tertiary/aromatic N) is 6. The van der Waals surface area contributed by atoms with Gasteiger partial charge in [0.15, 0.2) is 0 Å². The van der Waals surface area contributed by atoms with Gasteiger partial charge in [-0.05, 0) is 85.3 Å². The molecular weight excluding hydrogens is 851 g/mol. The van der Waals surface area contributed by atoms with Crippen LogP contribution in [0, 0.1) is 11.6 Å². The van der Waals surface area contributed by atoms with Crippen molar-refractivity contribution in [2.24, 2.45) is 11.5 Å². The summed E-state index contributed by atoms with van der Waals surface area (Å²) in [6, 6.07) is 18.7. The van der Waals surface area contributed by atoms with Gasteiger partial charge < -0.3 is 53.2 Å². The Morgan fingerprint density at radius 2 is 0.955 bits per heavy atom. The summed E-state index contributed by atoms with van der Waals surface area (Å²) in [6.07, 6.45) is 13.3. The van der Waals surface area contributed by atoms with Crippen molar-refractivity contribution in [1.82, 2.24) is 29.7 Å². The van der Waals surface area contributed by atoms with Gasteiger partial charge >= 0.3 is 12.1 Å². The highest BCUT2D eigenvalue weighted by Gasteiger charge is 2.21. The molecule has 0 spiro atoms. The number of hydrogen-bond donors (Lipinski definition) is 8. The summed E-state index contributed by atoms with van der Waals surface area (Å²) >= 11 is 0. The normalized spacial score (nSPS) is 12.9. The molecule has 0 aliphatic carbocycles. The first-order chi connectivity index (χ1) is 32.0. The molecule has 0 bridgehead atoms. The van der Waals surface area contributed by atoms with Crippen LogP contribution in [-0.2, 0) is 13.1 Å². The fraction of sp³-hybridized carbons (Fsp3) is 0.217. The predicted molar refractivity (Wildman–Crippen MR) is 248 cm³/mol. The maximum absolute atomic E-state index is 14.3. The van der Waals surface area contributed by atoms with E-state index in [0.717, 1.165) is 36.8 Å². The monoisotopic (exact) mass is 898 g/mol. The lowest BCUT2D eigenvalue weighted by Crippen LogP contribution is -2.32. The number of nitrogens with one attached hydrogen (secondary N) is 6. The quantitative estimate of drug-likeness (QED) is 0.0533. The second kappa shape index (κ2) is 21.8. The Hall–Kier alpha value is -8.42. The third-order valence-electron chi connectivity index (χ3n) is 10.5. The number of pyridine rings is 4. The van der Waals surface area contributed by atoms with E-state index >= 15 is 0 Å². The summed E-state index contributed by atoms with van der Waals surface area (Å²) < 4.78 is 28.6. The van der Waals surface area contributed by atoms with Crippen LogP contribution in [0.1, 0.15) is 57.5 Å². The zero-order chi connectivity index (χ0) is 46.4. The lowest BCUT2D eigenvalue weighted by Gasteiger charge is -2.17. The molecule has 10 N–H and O–H groups in total. The first-order valence-corrected chi connectivity index (χ1v) is 21.1. The van der Waals surface area contributed by atoms with Gasteiger partial charge in [0.2, 0.25) is 0 Å². The number of rotatable bonds is 14. The molecule has 2 aromatic carbocycles. The van der Waals surface area contributed by atoms with Crippen molar-refractivity contribution in [3.05, 3.63) is 144 Å². The molecule has 6 amide bonds. The van der Waals surface area contributed by atoms with Crippen molar-refractivity contribution >= 4 is 69.6 Å². The summed E-state index contributed by atoms with van der Waals surface area (Å²) in [4.78, 5) is 68.2. The molecule has 2 fully saturated rings. The topological polar surface area (TPSA) is 251 Å². The van der Waals surface area contributed by atoms with Gasteiger partial charge in [0, 0.05) is 100.0 Å². The van der Waals surface area contributed by atoms with Gasteiger partial charge in [-0.3, -0.25) is 19.6 Å². The molecule has 2 aliphatic heterocycles. The van der Waals surface area contributed by atoms with Gasteiger partial charge in [-0.15, -0.1) is 0 Å². The van der Waals surface area contributed by atoms with Gasteiger partial charge in [0.1, 0.15) is 23.3 Å². The number of carbonyl (C=O) groups excluding carboxylic acids is 4. The maximum Gasteiger partial charge on any atom is 0.321 e. The van der Waals surface area contributed by atoms with Crippen LogP contribution in [0.2, 0.25) is 0 Å². The Bertz CT molecular complexity index is 2480. The van der Waals surface area contributed by atoms with Crippen molar-refractivity contribution in [2.45, 2.75) is 38.8 Å². The van der Waals surface area contributed by atoms with Crippen molar-refractivity contribution in [3.63, 3.8) is 0 Å². The molecule has 20 heteroatoms. The highest BCUT2D eigenvalue weighted by molar-refractivity contribution is 5.99. The summed E-state index contributed by atoms with van der Waals surface area (Å²) in [5, 5.41) is 17.7. The minimum atomic E-state index is -0.614. The molecule has 6 heterocycles. The van der Waals surface area contributed by atoms with Crippen molar-refractivity contribution in [1.29, 1.82) is 0 Å². The van der Waals surface area contributed by atoms with Crippen LogP contribution in [0.3, 0.4) is 0 Å². The SMILES string of the molecule is NC(=O)c1cnc(Nc2ccc(F)c(NC(=O)N3CCCC3)c2)cc1NCc1cccnc1.NC(=O)c1cnc(Nc2ccc(F)c(NC(=O)N3CCCC3)c2)cc1NCc1cccnc1. The van der Waals surface area contributed by atoms with Crippen LogP contribution >= 0.6 is 0 Å². The molecule has 4 aromatic heterocycles. The number of hydrogen-bond acceptors (Lipinski definition) is 12. The summed E-state index contributed by atoms with van der Waals surface area (Å²) in [5.41, 5.74) is 15.5. The van der Waals surface area contributed by atoms with Crippen LogP contribution in [0.5, 0.6) is 0 Å². The zero-order valence-electron chi connectivity index (χ0n) is 35.7. The molecule has 0 atom stereocenters. The van der Waals surface area contributed by atoms with Crippen LogP contribution in [0.15, 0.2) is 110 Å². The molecule has 0 radical (unpaired) electrons. The second-order valence-corrected chi connectivity index (χ2v) is 15.3. The molecule has 8 rings (SSSR count). The first kappa shape index (κ1) is 45.6. The van der Waals surface area contributed by atoms with E-state index in [1.807, 2.05) is 24.3 Å². The van der Waals surface area contributed by atoms with Gasteiger partial charge in [-0.2, -0.15) is 0 Å². The smallest absolute Gasteiger partial charge is 0.321 e. The third kappa shape index (κ3) is 12.4. The zero-order valence-corrected chi connectivity index (χ0v) is 35.7. The van der Waals surface area contributed by atoms with Crippen molar-refractivity contribution in [3.8, 4) is 0 Å². The van der Waals surface area contributed by atoms with E-state index in [9.17, 15) is 28.0 Å². The van der Waals surface area contributed by atoms with E-state index < -0.39 is 23.4 Å². The third-order valence-corrected chi connectivity index (χ3v) is 10.5. The summed E-state index contributed by atoms with van der Waals surface area (Å²) in [7, 11) is 0. The Balaban J connectivity index is 0.000000196. The molecule has 0 saturated carbocycles. The number of anilines is 8. The van der Waals surface area contributed by atoms with Crippen LogP contribution in [0.4, 0.5) is 64.1 Å². The van der Waals surface area contributed by atoms with Gasteiger partial charge in [0.05, 0.1) is 33.9 Å². The van der Waals surface area contributed by atoms with E-state index in [-0.39, 0.29) is 34.6 Å². The van der Waals surface area contributed by atoms with E-state index in [0.29, 0.717) is 73.7 Å². The summed E-state index contributed by atoms with van der Waals surface area (Å²) in [5.74, 6) is -1.48. The maximum atomic E-state index is 14.3. The molecule has 18 nitrogen and oxygen atoms in total. The number of urea groups is 2. The molecule has 66 heavy (non-hydrogen) atoms. The van der Waals surface area contributed by atoms with E-state index in [2.05, 4.69) is 51.8 Å². The fourth-order valence-electron chi connectivity index (χ4n) is 7.06. The average molecular weight is 899 g/mol. The number of benzene rings is 2. The lowest BCUT2D eigenvalue weighted by atomic mass is 10.2. The minimum absolute atomic E-state index is 0.0700. The van der Waals surface area contributed by atoms with E-state index in [4.69, 9.17) is 11.5 Å². The minimum Gasteiger partial charge on any atom is -0.380 e. The fourth-order valence-corrected chi connectivity index (χ4v) is 7.06. The molecule has 2 saturated heterocycles. The van der Waals surface area contributed by atoms with E-state index in [1.165, 1.54) is 48.8 Å². The Labute approximate surface area is 378 Å². The number of amides is 6. The highest BCUT2D eigenvalue weighted by atomic mass is 19.1. The van der Waals surface area contributed by atoms with Crippen LogP contribution in [-0.4, -0.2) is 79.8 Å². The standard InChI is InChI=1S/2C23H24FN7O2/c2*24-18-6-5-16(10-20(18)30-23(33)31-8-1-2-9-31)29-21-11-19(17(14-28-21)22(25)32)27-13-15-4-3-7-26-12-15/h2*3-7,10-12,14H,1-2,8-9,13H2,(H2,25,32)(H,30,33)(H2,27,28,29). The van der Waals surface area contributed by atoms with Gasteiger partial charge in [-0.1, -0.05) is 12.1 Å². The molecule has 2 aliphatic rings. The number of carbonyl (C=O) groups is 4. The molecule has 6 aromatic rings. The number of aromatic nitrogens is 4. The molecule has 0 unspecified atom stereocenters. The van der Waals surface area contributed by atoms with Crippen molar-refractivity contribution < 1.29 is 28.0 Å². The van der Waals surface area contributed by atoms with Crippen LogP contribution in [0.25, 0.3) is 0 Å².